The molecule has 37 heavy (non-hydrogen) atoms. The molecule has 194 valence electrons. The minimum absolute atomic E-state index is 0.0755. The molecule has 1 N–H and O–H groups in total. The molecule has 0 aliphatic carbocycles. The minimum Gasteiger partial charge on any atom is -0.504 e. The van der Waals surface area contributed by atoms with Gasteiger partial charge in [0, 0.05) is 15.3 Å². The van der Waals surface area contributed by atoms with E-state index in [1.807, 2.05) is 13.8 Å². The van der Waals surface area contributed by atoms with Gasteiger partial charge in [0.2, 0.25) is 0 Å². The molecule has 0 bridgehead atoms. The smallest absolute Gasteiger partial charge is 0.337 e. The van der Waals surface area contributed by atoms with Crippen LogP contribution in [0.25, 0.3) is 6.08 Å². The number of esters is 1. The van der Waals surface area contributed by atoms with Gasteiger partial charge in [-0.1, -0.05) is 17.4 Å². The number of fused-ring (bicyclic) bond motifs is 1. The minimum atomic E-state index is -0.806. The number of hydrogen-bond acceptors (Lipinski definition) is 9. The highest BCUT2D eigenvalue weighted by Gasteiger charge is 2.31. The number of rotatable bonds is 8. The van der Waals surface area contributed by atoms with Gasteiger partial charge in [0.05, 0.1) is 43.6 Å². The topological polar surface area (TPSA) is 109 Å². The largest absolute Gasteiger partial charge is 0.504 e. The number of thiazole rings is 1. The highest BCUT2D eigenvalue weighted by molar-refractivity contribution is 14.1. The fourth-order valence-corrected chi connectivity index (χ4v) is 5.57. The molecule has 0 fully saturated rings. The van der Waals surface area contributed by atoms with E-state index in [2.05, 4.69) is 27.6 Å². The lowest BCUT2D eigenvalue weighted by Crippen LogP contribution is -2.39. The highest BCUT2D eigenvalue weighted by Crippen LogP contribution is 2.35. The molecule has 1 aromatic heterocycles. The molecule has 3 aromatic rings. The second-order valence-electron chi connectivity index (χ2n) is 7.79. The van der Waals surface area contributed by atoms with Crippen molar-refractivity contribution < 1.29 is 28.8 Å². The van der Waals surface area contributed by atoms with Gasteiger partial charge in [-0.25, -0.2) is 9.79 Å². The average Bonchev–Trinajstić information content (AvgIpc) is 3.21. The first-order chi connectivity index (χ1) is 17.8. The quantitative estimate of drug-likeness (QED) is 0.299. The van der Waals surface area contributed by atoms with Crippen LogP contribution in [-0.4, -0.2) is 43.1 Å². The van der Waals surface area contributed by atoms with Gasteiger partial charge in [-0.2, -0.15) is 0 Å². The number of phenolic OH excluding ortho intramolecular Hbond substituents is 1. The molecule has 1 aliphatic heterocycles. The SMILES string of the molecule is CCOc1ccc([C@@H]2C(C(=O)OC)=CN=c3s/c(=C/c4cc(I)cc(OC)c4O)c(=O)n32)cc1OCC. The van der Waals surface area contributed by atoms with Crippen LogP contribution in [0.15, 0.2) is 51.9 Å². The molecule has 0 radical (unpaired) electrons. The lowest BCUT2D eigenvalue weighted by Gasteiger charge is -2.23. The van der Waals surface area contributed by atoms with E-state index in [-0.39, 0.29) is 16.9 Å². The Morgan fingerprint density at radius 1 is 1.14 bits per heavy atom. The van der Waals surface area contributed by atoms with E-state index in [1.54, 1.807) is 36.4 Å². The summed E-state index contributed by atoms with van der Waals surface area (Å²) in [5.74, 6) is 0.686. The lowest BCUT2D eigenvalue weighted by molar-refractivity contribution is -0.136. The van der Waals surface area contributed by atoms with E-state index in [1.165, 1.54) is 25.0 Å². The summed E-state index contributed by atoms with van der Waals surface area (Å²) < 4.78 is 24.3. The molecule has 11 heteroatoms. The fraction of sp³-hybridized carbons (Fsp3) is 0.269. The van der Waals surface area contributed by atoms with Crippen LogP contribution in [0.3, 0.4) is 0 Å². The predicted molar refractivity (Wildman–Crippen MR) is 147 cm³/mol. The van der Waals surface area contributed by atoms with Gasteiger partial charge >= 0.3 is 5.97 Å². The van der Waals surface area contributed by atoms with Crippen molar-refractivity contribution in [2.45, 2.75) is 19.9 Å². The Balaban J connectivity index is 1.93. The van der Waals surface area contributed by atoms with Crippen LogP contribution in [-0.2, 0) is 9.53 Å². The van der Waals surface area contributed by atoms with E-state index in [0.717, 1.165) is 14.9 Å². The van der Waals surface area contributed by atoms with Gasteiger partial charge in [-0.05, 0) is 72.3 Å². The van der Waals surface area contributed by atoms with Crippen LogP contribution in [0.1, 0.15) is 31.0 Å². The van der Waals surface area contributed by atoms with Gasteiger partial charge < -0.3 is 24.1 Å². The van der Waals surface area contributed by atoms with Crippen LogP contribution >= 0.6 is 33.9 Å². The first kappa shape index (κ1) is 26.7. The highest BCUT2D eigenvalue weighted by atomic mass is 127. The number of methoxy groups -OCH3 is 2. The van der Waals surface area contributed by atoms with Gasteiger partial charge in [0.25, 0.3) is 5.56 Å². The van der Waals surface area contributed by atoms with E-state index < -0.39 is 12.0 Å². The van der Waals surface area contributed by atoms with Crippen molar-refractivity contribution in [3.8, 4) is 23.0 Å². The third-order valence-electron chi connectivity index (χ3n) is 5.58. The lowest BCUT2D eigenvalue weighted by atomic mass is 9.97. The molecule has 4 rings (SSSR count). The second-order valence-corrected chi connectivity index (χ2v) is 10.0. The Morgan fingerprint density at radius 2 is 1.86 bits per heavy atom. The number of aromatic hydroxyl groups is 1. The monoisotopic (exact) mass is 636 g/mol. The third kappa shape index (κ3) is 5.23. The standard InChI is InChI=1S/C26H25IN2O7S/c1-5-35-18-8-7-14(10-19(18)36-6-2)22-17(25(32)34-4)13-28-26-29(22)24(31)21(37-26)11-15-9-16(27)12-20(33-3)23(15)30/h7-13,22,30H,5-6H2,1-4H3/b21-11+/t22-/m1/s1. The Labute approximate surface area is 230 Å². The van der Waals surface area contributed by atoms with Gasteiger partial charge in [0.1, 0.15) is 0 Å². The Morgan fingerprint density at radius 3 is 2.54 bits per heavy atom. The van der Waals surface area contributed by atoms with Crippen molar-refractivity contribution in [3.63, 3.8) is 0 Å². The Bertz CT molecular complexity index is 1560. The molecule has 0 amide bonds. The van der Waals surface area contributed by atoms with Crippen molar-refractivity contribution in [2.75, 3.05) is 27.4 Å². The van der Waals surface area contributed by atoms with Crippen LogP contribution in [0.4, 0.5) is 0 Å². The molecular formula is C26H25IN2O7S. The maximum atomic E-state index is 13.7. The number of aromatic nitrogens is 1. The summed E-state index contributed by atoms with van der Waals surface area (Å²) in [5, 5.41) is 10.6. The zero-order chi connectivity index (χ0) is 26.7. The van der Waals surface area contributed by atoms with Crippen molar-refractivity contribution in [1.82, 2.24) is 4.57 Å². The molecule has 9 nitrogen and oxygen atoms in total. The zero-order valence-corrected chi connectivity index (χ0v) is 23.6. The first-order valence-corrected chi connectivity index (χ1v) is 13.3. The first-order valence-electron chi connectivity index (χ1n) is 11.4. The summed E-state index contributed by atoms with van der Waals surface area (Å²) in [6, 6.07) is 7.93. The Kier molecular flexibility index (Phi) is 8.22. The molecular weight excluding hydrogens is 611 g/mol. The number of nitrogens with zero attached hydrogens (tertiary/aromatic N) is 2. The molecule has 2 heterocycles. The zero-order valence-electron chi connectivity index (χ0n) is 20.6. The van der Waals surface area contributed by atoms with Crippen molar-refractivity contribution in [3.05, 3.63) is 76.5 Å². The van der Waals surface area contributed by atoms with E-state index in [4.69, 9.17) is 18.9 Å². The van der Waals surface area contributed by atoms with Gasteiger partial charge in [0.15, 0.2) is 27.8 Å². The van der Waals surface area contributed by atoms with Crippen molar-refractivity contribution >= 4 is 46.0 Å². The van der Waals surface area contributed by atoms with E-state index in [9.17, 15) is 14.7 Å². The van der Waals surface area contributed by atoms with Crippen molar-refractivity contribution in [1.29, 1.82) is 0 Å². The number of halogens is 1. The molecule has 0 saturated carbocycles. The fourth-order valence-electron chi connectivity index (χ4n) is 3.99. The van der Waals surface area contributed by atoms with Crippen LogP contribution in [0.2, 0.25) is 0 Å². The summed E-state index contributed by atoms with van der Waals surface area (Å²) in [5.41, 5.74) is 0.890. The summed E-state index contributed by atoms with van der Waals surface area (Å²) in [6.45, 7) is 4.61. The number of phenols is 1. The van der Waals surface area contributed by atoms with Crippen molar-refractivity contribution in [2.24, 2.45) is 4.99 Å². The summed E-state index contributed by atoms with van der Waals surface area (Å²) >= 11 is 3.26. The van der Waals surface area contributed by atoms with Gasteiger partial charge in [-0.3, -0.25) is 9.36 Å². The number of ether oxygens (including phenoxy) is 4. The summed E-state index contributed by atoms with van der Waals surface area (Å²) in [7, 11) is 2.74. The van der Waals surface area contributed by atoms with Crippen LogP contribution in [0, 0.1) is 3.57 Å². The van der Waals surface area contributed by atoms with Crippen LogP contribution in [0.5, 0.6) is 23.0 Å². The molecule has 2 aromatic carbocycles. The molecule has 0 unspecified atom stereocenters. The Hall–Kier alpha value is -3.32. The van der Waals surface area contributed by atoms with Crippen LogP contribution < -0.4 is 29.1 Å². The number of carbonyl (C=O) groups is 1. The average molecular weight is 636 g/mol. The maximum absolute atomic E-state index is 13.7. The third-order valence-corrected chi connectivity index (χ3v) is 7.20. The number of carbonyl (C=O) groups excluding carboxylic acids is 1. The predicted octanol–water partition coefficient (Wildman–Crippen LogP) is 3.13. The molecule has 0 saturated heterocycles. The number of benzene rings is 2. The maximum Gasteiger partial charge on any atom is 0.337 e. The van der Waals surface area contributed by atoms with Gasteiger partial charge in [-0.15, -0.1) is 0 Å². The second kappa shape index (κ2) is 11.4. The number of hydrogen-bond donors (Lipinski definition) is 1. The molecule has 0 spiro atoms. The summed E-state index contributed by atoms with van der Waals surface area (Å²) in [4.78, 5) is 31.2. The normalized spacial score (nSPS) is 14.9. The van der Waals surface area contributed by atoms with E-state index >= 15 is 0 Å². The molecule has 1 atom stereocenters. The van der Waals surface area contributed by atoms with E-state index in [0.29, 0.717) is 50.9 Å². The summed E-state index contributed by atoms with van der Waals surface area (Å²) in [6.07, 6.45) is 3.01. The molecule has 1 aliphatic rings.